The van der Waals surface area contributed by atoms with Crippen LogP contribution in [0.15, 0.2) is 24.3 Å². The molecule has 0 radical (unpaired) electrons. The molecule has 8 N–H and O–H groups in total. The first-order valence-corrected chi connectivity index (χ1v) is 28.2. The second-order valence-electron chi connectivity index (χ2n) is 16.7. The average Bonchev–Trinajstić information content (AvgIpc) is 3.23. The number of esters is 2. The number of unbranched alkanes of at least 4 members (excludes halogenated alkanes) is 20. The number of hydrogen-bond acceptors (Lipinski definition) is 14. The van der Waals surface area contributed by atoms with Gasteiger partial charge in [-0.1, -0.05) is 154 Å². The molecular formula is C43H81O19P3. The van der Waals surface area contributed by atoms with Crippen LogP contribution in [0.5, 0.6) is 0 Å². The molecule has 0 heterocycles. The summed E-state index contributed by atoms with van der Waals surface area (Å²) in [5.41, 5.74) is 0. The van der Waals surface area contributed by atoms with E-state index >= 15 is 0 Å². The molecule has 1 aliphatic carbocycles. The van der Waals surface area contributed by atoms with Crippen molar-refractivity contribution in [3.8, 4) is 0 Å². The van der Waals surface area contributed by atoms with E-state index in [1.807, 2.05) is 0 Å². The molecule has 0 aromatic heterocycles. The van der Waals surface area contributed by atoms with Crippen LogP contribution < -0.4 is 0 Å². The number of aliphatic hydroxyl groups is 3. The van der Waals surface area contributed by atoms with Gasteiger partial charge in [-0.15, -0.1) is 0 Å². The van der Waals surface area contributed by atoms with Crippen LogP contribution in [0.25, 0.3) is 0 Å². The van der Waals surface area contributed by atoms with Crippen molar-refractivity contribution in [2.45, 2.75) is 224 Å². The summed E-state index contributed by atoms with van der Waals surface area (Å²) >= 11 is 0. The number of rotatable bonds is 40. The largest absolute Gasteiger partial charge is 0.472 e. The van der Waals surface area contributed by atoms with E-state index in [1.54, 1.807) is 0 Å². The summed E-state index contributed by atoms with van der Waals surface area (Å²) in [7, 11) is -16.6. The SMILES string of the molecule is CCCC=CCC=CCCCCCCCC(=O)OCC(COP(=O)(O)OC1C(O)C(O)C(OP(=O)(O)O)C(OP(=O)(O)O)C1O)OC(=O)CCCCCCCCCCCCCCCCC. The Labute approximate surface area is 386 Å². The third kappa shape index (κ3) is 32.1. The van der Waals surface area contributed by atoms with Gasteiger partial charge in [-0.05, 0) is 38.5 Å². The molecule has 19 nitrogen and oxygen atoms in total. The highest BCUT2D eigenvalue weighted by Gasteiger charge is 2.56. The lowest BCUT2D eigenvalue weighted by molar-refractivity contribution is -0.213. The van der Waals surface area contributed by atoms with Crippen molar-refractivity contribution in [1.29, 1.82) is 0 Å². The third-order valence-corrected chi connectivity index (χ3v) is 12.8. The van der Waals surface area contributed by atoms with Crippen molar-refractivity contribution >= 4 is 35.4 Å². The van der Waals surface area contributed by atoms with Gasteiger partial charge in [-0.3, -0.25) is 27.7 Å². The van der Waals surface area contributed by atoms with Gasteiger partial charge < -0.3 is 49.3 Å². The van der Waals surface area contributed by atoms with Gasteiger partial charge >= 0.3 is 35.4 Å². The summed E-state index contributed by atoms with van der Waals surface area (Å²) in [5, 5.41) is 31.8. The number of hydrogen-bond donors (Lipinski definition) is 8. The van der Waals surface area contributed by atoms with Gasteiger partial charge in [-0.25, -0.2) is 13.7 Å². The highest BCUT2D eigenvalue weighted by Crippen LogP contribution is 2.51. The number of carbonyl (C=O) groups is 2. The monoisotopic (exact) mass is 994 g/mol. The minimum Gasteiger partial charge on any atom is -0.462 e. The molecule has 0 amide bonds. The Kier molecular flexibility index (Phi) is 33.9. The van der Waals surface area contributed by atoms with Gasteiger partial charge in [-0.2, -0.15) is 0 Å². The minimum atomic E-state index is -5.60. The van der Waals surface area contributed by atoms with E-state index in [1.165, 1.54) is 64.2 Å². The first-order valence-electron chi connectivity index (χ1n) is 23.6. The van der Waals surface area contributed by atoms with E-state index in [2.05, 4.69) is 47.2 Å². The Morgan fingerprint density at radius 3 is 1.42 bits per heavy atom. The van der Waals surface area contributed by atoms with Crippen LogP contribution in [-0.2, 0) is 50.9 Å². The van der Waals surface area contributed by atoms with Crippen LogP contribution in [0.3, 0.4) is 0 Å². The number of aliphatic hydroxyl groups excluding tert-OH is 3. The number of ether oxygens (including phenoxy) is 2. The predicted octanol–water partition coefficient (Wildman–Crippen LogP) is 8.29. The second kappa shape index (κ2) is 35.7. The van der Waals surface area contributed by atoms with Crippen LogP contribution >= 0.6 is 23.5 Å². The summed E-state index contributed by atoms with van der Waals surface area (Å²) in [6.07, 6.45) is 17.7. The second-order valence-corrected chi connectivity index (χ2v) is 20.5. The van der Waals surface area contributed by atoms with Crippen molar-refractivity contribution in [3.05, 3.63) is 24.3 Å². The van der Waals surface area contributed by atoms with E-state index < -0.39 is 91.3 Å². The lowest BCUT2D eigenvalue weighted by atomic mass is 9.85. The molecule has 0 saturated heterocycles. The van der Waals surface area contributed by atoms with E-state index in [4.69, 9.17) is 18.5 Å². The molecule has 22 heteroatoms. The Bertz CT molecular complexity index is 1470. The highest BCUT2D eigenvalue weighted by molar-refractivity contribution is 7.47. The van der Waals surface area contributed by atoms with Gasteiger partial charge in [0.15, 0.2) is 6.10 Å². The fourth-order valence-corrected chi connectivity index (χ4v) is 9.31. The summed E-state index contributed by atoms with van der Waals surface area (Å²) in [5.74, 6) is -1.31. The molecule has 1 rings (SSSR count). The van der Waals surface area contributed by atoms with E-state index in [-0.39, 0.29) is 12.8 Å². The lowest BCUT2D eigenvalue weighted by Crippen LogP contribution is -2.65. The van der Waals surface area contributed by atoms with Crippen LogP contribution in [0, 0.1) is 0 Å². The van der Waals surface area contributed by atoms with Crippen molar-refractivity contribution in [1.82, 2.24) is 0 Å². The zero-order chi connectivity index (χ0) is 48.6. The first kappa shape index (κ1) is 61.6. The van der Waals surface area contributed by atoms with Gasteiger partial charge in [0.1, 0.15) is 43.2 Å². The molecule has 0 aliphatic heterocycles. The molecule has 65 heavy (non-hydrogen) atoms. The third-order valence-electron chi connectivity index (χ3n) is 10.7. The predicted molar refractivity (Wildman–Crippen MR) is 243 cm³/mol. The number of phosphoric ester groups is 3. The molecule has 1 saturated carbocycles. The van der Waals surface area contributed by atoms with Crippen LogP contribution in [0.1, 0.15) is 181 Å². The Balaban J connectivity index is 2.74. The summed E-state index contributed by atoms with van der Waals surface area (Å²) in [4.78, 5) is 73.1. The van der Waals surface area contributed by atoms with E-state index in [0.29, 0.717) is 12.8 Å². The molecule has 1 fully saturated rings. The number of phosphoric acid groups is 3. The van der Waals surface area contributed by atoms with E-state index in [9.17, 15) is 63.1 Å². The minimum absolute atomic E-state index is 0.00105. The quantitative estimate of drug-likeness (QED) is 0.0124. The molecule has 382 valence electrons. The Hall–Kier alpha value is -1.37. The van der Waals surface area contributed by atoms with Crippen molar-refractivity contribution < 1.29 is 90.6 Å². The topological polar surface area (TPSA) is 303 Å². The number of carbonyl (C=O) groups excluding carboxylic acids is 2. The molecule has 8 unspecified atom stereocenters. The summed E-state index contributed by atoms with van der Waals surface area (Å²) in [6.45, 7) is 2.87. The molecule has 0 spiro atoms. The number of allylic oxidation sites excluding steroid dienone is 4. The van der Waals surface area contributed by atoms with Crippen molar-refractivity contribution in [3.63, 3.8) is 0 Å². The molecular weight excluding hydrogens is 913 g/mol. The highest BCUT2D eigenvalue weighted by atomic mass is 31.2. The standard InChI is InChI=1S/C43H81O19P3/c1-3-5-7-9-11-13-15-17-18-20-22-24-26-28-30-32-37(45)59-35(33-57-36(44)31-29-27-25-23-21-19-16-14-12-10-8-6-4-2)34-58-65(55,56)62-41-38(46)39(47)42(60-63(49,50)51)43(40(41)48)61-64(52,53)54/h8,10,14,16,35,38-43,46-48H,3-7,9,11-13,15,17-34H2,1-2H3,(H,55,56)(H2,49,50,51)(H2,52,53,54). The maximum Gasteiger partial charge on any atom is 0.472 e. The molecule has 0 aromatic rings. The lowest BCUT2D eigenvalue weighted by Gasteiger charge is -2.44. The van der Waals surface area contributed by atoms with Gasteiger partial charge in [0.05, 0.1) is 6.61 Å². The smallest absolute Gasteiger partial charge is 0.462 e. The van der Waals surface area contributed by atoms with Crippen LogP contribution in [0.4, 0.5) is 0 Å². The van der Waals surface area contributed by atoms with Crippen molar-refractivity contribution in [2.75, 3.05) is 13.2 Å². The Morgan fingerprint density at radius 2 is 0.923 bits per heavy atom. The van der Waals surface area contributed by atoms with Crippen molar-refractivity contribution in [2.24, 2.45) is 0 Å². The van der Waals surface area contributed by atoms with Gasteiger partial charge in [0.25, 0.3) is 0 Å². The molecule has 1 aliphatic rings. The molecule has 8 atom stereocenters. The van der Waals surface area contributed by atoms with Gasteiger partial charge in [0, 0.05) is 12.8 Å². The average molecular weight is 995 g/mol. The first-order chi connectivity index (χ1) is 30.8. The van der Waals surface area contributed by atoms with Gasteiger partial charge in [0.2, 0.25) is 0 Å². The van der Waals surface area contributed by atoms with E-state index in [0.717, 1.165) is 77.0 Å². The molecule has 0 aromatic carbocycles. The van der Waals surface area contributed by atoms with Crippen LogP contribution in [0.2, 0.25) is 0 Å². The maximum absolute atomic E-state index is 13.1. The summed E-state index contributed by atoms with van der Waals surface area (Å²) < 4.78 is 65.4. The fraction of sp³-hybridized carbons (Fsp3) is 0.860. The fourth-order valence-electron chi connectivity index (χ4n) is 7.21. The zero-order valence-electron chi connectivity index (χ0n) is 38.6. The Morgan fingerprint density at radius 1 is 0.492 bits per heavy atom. The van der Waals surface area contributed by atoms with Crippen LogP contribution in [-0.4, -0.2) is 108 Å². The summed E-state index contributed by atoms with van der Waals surface area (Å²) in [6, 6.07) is 0. The zero-order valence-corrected chi connectivity index (χ0v) is 41.2. The molecule has 0 bridgehead atoms. The normalized spacial score (nSPS) is 22.1. The maximum atomic E-state index is 13.1.